The van der Waals surface area contributed by atoms with Crippen LogP contribution in [0.25, 0.3) is 0 Å². The second-order valence-corrected chi connectivity index (χ2v) is 7.56. The van der Waals surface area contributed by atoms with Crippen LogP contribution in [-0.2, 0) is 4.79 Å². The highest BCUT2D eigenvalue weighted by Crippen LogP contribution is 2.21. The second-order valence-electron chi connectivity index (χ2n) is 6.79. The van der Waals surface area contributed by atoms with Crippen molar-refractivity contribution < 1.29 is 4.79 Å². The third-order valence-corrected chi connectivity index (χ3v) is 5.80. The summed E-state index contributed by atoms with van der Waals surface area (Å²) in [5.74, 6) is 1.37. The molecule has 0 radical (unpaired) electrons. The molecule has 1 aromatic rings. The molecule has 0 spiro atoms. The van der Waals surface area contributed by atoms with Crippen LogP contribution in [0.4, 0.5) is 5.82 Å². The summed E-state index contributed by atoms with van der Waals surface area (Å²) in [5.41, 5.74) is 0. The fraction of sp³-hybridized carbons (Fsp3) is 0.722. The molecule has 0 saturated carbocycles. The molecule has 2 saturated heterocycles. The van der Waals surface area contributed by atoms with Gasteiger partial charge in [0.05, 0.1) is 0 Å². The van der Waals surface area contributed by atoms with Crippen LogP contribution in [0.15, 0.2) is 17.4 Å². The van der Waals surface area contributed by atoms with Crippen LogP contribution < -0.4 is 4.90 Å². The summed E-state index contributed by atoms with van der Waals surface area (Å²) in [5, 5.41) is 0.837. The Bertz CT molecular complexity index is 568. The number of piperazine rings is 1. The molecule has 0 bridgehead atoms. The Morgan fingerprint density at radius 3 is 2.56 bits per heavy atom. The van der Waals surface area contributed by atoms with Crippen molar-refractivity contribution in [3.63, 3.8) is 0 Å². The zero-order valence-electron chi connectivity index (χ0n) is 15.4. The van der Waals surface area contributed by atoms with Crippen molar-refractivity contribution in [1.29, 1.82) is 0 Å². The summed E-state index contributed by atoms with van der Waals surface area (Å²) in [6.45, 7) is 8.10. The number of hydrogen-bond acceptors (Lipinski definition) is 6. The van der Waals surface area contributed by atoms with E-state index in [9.17, 15) is 4.79 Å². The highest BCUT2D eigenvalue weighted by Gasteiger charge is 2.29. The molecule has 25 heavy (non-hydrogen) atoms. The normalized spacial score (nSPS) is 20.1. The van der Waals surface area contributed by atoms with E-state index in [0.717, 1.165) is 69.5 Å². The van der Waals surface area contributed by atoms with Gasteiger partial charge < -0.3 is 9.80 Å². The van der Waals surface area contributed by atoms with Gasteiger partial charge in [0.2, 0.25) is 5.91 Å². The highest BCUT2D eigenvalue weighted by atomic mass is 32.2. The van der Waals surface area contributed by atoms with Crippen LogP contribution >= 0.6 is 11.8 Å². The number of anilines is 1. The van der Waals surface area contributed by atoms with Crippen molar-refractivity contribution in [2.75, 3.05) is 50.4 Å². The summed E-state index contributed by atoms with van der Waals surface area (Å²) in [6, 6.07) is 2.63. The van der Waals surface area contributed by atoms with E-state index in [0.29, 0.717) is 18.4 Å². The van der Waals surface area contributed by atoms with E-state index in [1.807, 2.05) is 18.5 Å². The number of piperidine rings is 1. The molecule has 6 nitrogen and oxygen atoms in total. The molecule has 138 valence electrons. The van der Waals surface area contributed by atoms with Crippen LogP contribution in [0.1, 0.15) is 32.6 Å². The summed E-state index contributed by atoms with van der Waals surface area (Å²) in [6.07, 6.45) is 7.72. The van der Waals surface area contributed by atoms with E-state index in [4.69, 9.17) is 0 Å². The maximum Gasteiger partial charge on any atom is 0.222 e. The van der Waals surface area contributed by atoms with Crippen molar-refractivity contribution >= 4 is 23.5 Å². The minimum atomic E-state index is 0.333. The number of likely N-dealkylation sites (tertiary alicyclic amines) is 1. The zero-order valence-corrected chi connectivity index (χ0v) is 16.2. The molecular weight excluding hydrogens is 334 g/mol. The molecule has 1 aromatic heterocycles. The average Bonchev–Trinajstić information content (AvgIpc) is 2.68. The van der Waals surface area contributed by atoms with Gasteiger partial charge in [-0.25, -0.2) is 9.97 Å². The molecule has 3 rings (SSSR count). The molecule has 2 aliphatic heterocycles. The molecule has 2 fully saturated rings. The monoisotopic (exact) mass is 363 g/mol. The number of carbonyl (C=O) groups is 1. The molecule has 7 heteroatoms. The lowest BCUT2D eigenvalue weighted by Gasteiger charge is -2.43. The number of nitrogens with zero attached hydrogens (tertiary/aromatic N) is 5. The smallest absolute Gasteiger partial charge is 0.222 e. The first-order valence-corrected chi connectivity index (χ1v) is 10.6. The van der Waals surface area contributed by atoms with Gasteiger partial charge in [0, 0.05) is 57.9 Å². The van der Waals surface area contributed by atoms with E-state index >= 15 is 0 Å². The third kappa shape index (κ3) is 4.64. The fourth-order valence-electron chi connectivity index (χ4n) is 3.77. The number of hydrogen-bond donors (Lipinski definition) is 0. The van der Waals surface area contributed by atoms with E-state index < -0.39 is 0 Å². The molecule has 0 unspecified atom stereocenters. The van der Waals surface area contributed by atoms with Crippen LogP contribution in [-0.4, -0.2) is 77.2 Å². The molecule has 0 aromatic carbocycles. The van der Waals surface area contributed by atoms with Crippen LogP contribution in [0, 0.1) is 0 Å². The van der Waals surface area contributed by atoms with Crippen LogP contribution in [0.3, 0.4) is 0 Å². The van der Waals surface area contributed by atoms with Gasteiger partial charge in [-0.2, -0.15) is 0 Å². The number of carbonyl (C=O) groups excluding carboxylic acids is 1. The van der Waals surface area contributed by atoms with Gasteiger partial charge in [-0.1, -0.05) is 18.7 Å². The second kappa shape index (κ2) is 8.85. The Morgan fingerprint density at radius 1 is 1.20 bits per heavy atom. The lowest BCUT2D eigenvalue weighted by Crippen LogP contribution is -2.54. The minimum Gasteiger partial charge on any atom is -0.354 e. The topological polar surface area (TPSA) is 52.6 Å². The standard InChI is InChI=1S/C18H29N5OS/c1-3-4-17(24)23-9-6-15(7-10-23)21-11-13-22(14-12-21)16-5-8-19-18(20-16)25-2/h5,8,15H,3-4,6-7,9-14H2,1-2H3. The third-order valence-electron chi connectivity index (χ3n) is 5.24. The van der Waals surface area contributed by atoms with Gasteiger partial charge in [-0.3, -0.25) is 9.69 Å². The van der Waals surface area contributed by atoms with Crippen LogP contribution in [0.2, 0.25) is 0 Å². The van der Waals surface area contributed by atoms with Crippen molar-refractivity contribution in [1.82, 2.24) is 19.8 Å². The van der Waals surface area contributed by atoms with Gasteiger partial charge in [0.1, 0.15) is 5.82 Å². The molecule has 0 N–H and O–H groups in total. The van der Waals surface area contributed by atoms with E-state index in [1.54, 1.807) is 11.8 Å². The molecular formula is C18H29N5OS. The quantitative estimate of drug-likeness (QED) is 0.590. The number of rotatable bonds is 5. The summed E-state index contributed by atoms with van der Waals surface area (Å²) >= 11 is 1.58. The Morgan fingerprint density at radius 2 is 1.92 bits per heavy atom. The number of aromatic nitrogens is 2. The van der Waals surface area contributed by atoms with E-state index in [-0.39, 0.29) is 0 Å². The first-order valence-electron chi connectivity index (χ1n) is 9.35. The summed E-state index contributed by atoms with van der Waals surface area (Å²) in [4.78, 5) is 27.9. The van der Waals surface area contributed by atoms with Crippen molar-refractivity contribution in [3.8, 4) is 0 Å². The van der Waals surface area contributed by atoms with Gasteiger partial charge in [-0.05, 0) is 31.6 Å². The van der Waals surface area contributed by atoms with Crippen molar-refractivity contribution in [2.24, 2.45) is 0 Å². The summed E-state index contributed by atoms with van der Waals surface area (Å²) in [7, 11) is 0. The predicted octanol–water partition coefficient (Wildman–Crippen LogP) is 2.11. The van der Waals surface area contributed by atoms with Crippen molar-refractivity contribution in [2.45, 2.75) is 43.8 Å². The Kier molecular flexibility index (Phi) is 6.53. The Hall–Kier alpha value is -1.34. The van der Waals surface area contributed by atoms with Gasteiger partial charge in [0.15, 0.2) is 5.16 Å². The van der Waals surface area contributed by atoms with E-state index in [2.05, 4.69) is 31.6 Å². The van der Waals surface area contributed by atoms with Gasteiger partial charge >= 0.3 is 0 Å². The van der Waals surface area contributed by atoms with E-state index in [1.165, 1.54) is 0 Å². The lowest BCUT2D eigenvalue weighted by atomic mass is 10.0. The Balaban J connectivity index is 1.47. The SMILES string of the molecule is CCCC(=O)N1CCC(N2CCN(c3ccnc(SC)n3)CC2)CC1. The fourth-order valence-corrected chi connectivity index (χ4v) is 4.13. The predicted molar refractivity (Wildman–Crippen MR) is 102 cm³/mol. The maximum absolute atomic E-state index is 12.0. The summed E-state index contributed by atoms with van der Waals surface area (Å²) < 4.78 is 0. The van der Waals surface area contributed by atoms with Gasteiger partial charge in [-0.15, -0.1) is 0 Å². The Labute approximate surface area is 155 Å². The largest absolute Gasteiger partial charge is 0.354 e. The highest BCUT2D eigenvalue weighted by molar-refractivity contribution is 7.98. The number of amides is 1. The number of thioether (sulfide) groups is 1. The molecule has 3 heterocycles. The zero-order chi connectivity index (χ0) is 17.6. The molecule has 2 aliphatic rings. The maximum atomic E-state index is 12.0. The molecule has 0 aliphatic carbocycles. The van der Waals surface area contributed by atoms with Gasteiger partial charge in [0.25, 0.3) is 0 Å². The first kappa shape index (κ1) is 18.5. The average molecular weight is 364 g/mol. The molecule has 1 amide bonds. The van der Waals surface area contributed by atoms with Crippen LogP contribution in [0.5, 0.6) is 0 Å². The first-order chi connectivity index (χ1) is 12.2. The minimum absolute atomic E-state index is 0.333. The van der Waals surface area contributed by atoms with Crippen molar-refractivity contribution in [3.05, 3.63) is 12.3 Å². The lowest BCUT2D eigenvalue weighted by molar-refractivity contribution is -0.132. The molecule has 0 atom stereocenters.